The maximum Gasteiger partial charge on any atom is 0.167 e. The number of fused-ring (bicyclic) bond motifs is 1. The number of nitrogen functional groups attached to an aromatic ring is 1. The summed E-state index contributed by atoms with van der Waals surface area (Å²) in [6, 6.07) is 0. The Kier molecular flexibility index (Phi) is 4.20. The minimum atomic E-state index is -1.15. The van der Waals surface area contributed by atoms with Gasteiger partial charge in [0.2, 0.25) is 0 Å². The predicted molar refractivity (Wildman–Crippen MR) is 85.9 cm³/mol. The third-order valence-electron chi connectivity index (χ3n) is 4.34. The Hall–Kier alpha value is -1.81. The van der Waals surface area contributed by atoms with Crippen LogP contribution in [0.1, 0.15) is 27.0 Å². The summed E-state index contributed by atoms with van der Waals surface area (Å²) in [5, 5.41) is 21.0. The number of hydrogen-bond acceptors (Lipinski definition) is 8. The molecule has 3 heterocycles. The minimum Gasteiger partial charge on any atom is -0.387 e. The van der Waals surface area contributed by atoms with Crippen LogP contribution in [-0.4, -0.2) is 61.3 Å². The summed E-state index contributed by atoms with van der Waals surface area (Å²) in [4.78, 5) is 12.2. The molecule has 0 radical (unpaired) electrons. The van der Waals surface area contributed by atoms with Gasteiger partial charge in [-0.05, 0) is 5.41 Å². The van der Waals surface area contributed by atoms with Gasteiger partial charge in [0, 0.05) is 7.11 Å². The molecule has 0 amide bonds. The molecule has 5 atom stereocenters. The van der Waals surface area contributed by atoms with Crippen LogP contribution in [0.15, 0.2) is 12.7 Å². The first kappa shape index (κ1) is 17.0. The number of aromatic nitrogens is 4. The van der Waals surface area contributed by atoms with Gasteiger partial charge in [-0.1, -0.05) is 20.8 Å². The number of nitrogens with two attached hydrogens (primary N) is 1. The van der Waals surface area contributed by atoms with Gasteiger partial charge in [-0.3, -0.25) is 4.57 Å². The lowest BCUT2D eigenvalue weighted by atomic mass is 9.84. The molecule has 0 aromatic carbocycles. The summed E-state index contributed by atoms with van der Waals surface area (Å²) < 4.78 is 13.0. The van der Waals surface area contributed by atoms with Crippen LogP contribution in [0.4, 0.5) is 5.82 Å². The number of anilines is 1. The maximum absolute atomic E-state index is 10.5. The van der Waals surface area contributed by atoms with Crippen molar-refractivity contribution in [3.8, 4) is 0 Å². The monoisotopic (exact) mass is 337 g/mol. The SMILES string of the molecule is COC([C@H]1O[C@@H](n2cnc3c(N)ncnc32)[C@H](O)[C@@H]1O)C(C)(C)C. The van der Waals surface area contributed by atoms with Gasteiger partial charge in [-0.15, -0.1) is 0 Å². The van der Waals surface area contributed by atoms with E-state index in [2.05, 4.69) is 15.0 Å². The molecule has 132 valence electrons. The van der Waals surface area contributed by atoms with Crippen molar-refractivity contribution in [3.63, 3.8) is 0 Å². The lowest BCUT2D eigenvalue weighted by Gasteiger charge is -2.34. The number of imidazole rings is 1. The molecule has 4 N–H and O–H groups in total. The Morgan fingerprint density at radius 1 is 1.25 bits per heavy atom. The van der Waals surface area contributed by atoms with E-state index < -0.39 is 30.6 Å². The number of aliphatic hydroxyl groups excluding tert-OH is 2. The zero-order chi connectivity index (χ0) is 17.6. The molecular formula is C15H23N5O4. The fourth-order valence-corrected chi connectivity index (χ4v) is 3.20. The van der Waals surface area contributed by atoms with Crippen molar-refractivity contribution in [1.82, 2.24) is 19.5 Å². The van der Waals surface area contributed by atoms with Gasteiger partial charge in [0.25, 0.3) is 0 Å². The third-order valence-corrected chi connectivity index (χ3v) is 4.34. The summed E-state index contributed by atoms with van der Waals surface area (Å²) in [6.07, 6.45) is -1.40. The van der Waals surface area contributed by atoms with Crippen LogP contribution < -0.4 is 5.73 Å². The normalized spacial score (nSPS) is 29.2. The highest BCUT2D eigenvalue weighted by molar-refractivity contribution is 5.81. The van der Waals surface area contributed by atoms with E-state index in [1.807, 2.05) is 20.8 Å². The molecule has 2 aromatic rings. The molecule has 1 aliphatic rings. The zero-order valence-electron chi connectivity index (χ0n) is 14.1. The highest BCUT2D eigenvalue weighted by atomic mass is 16.6. The maximum atomic E-state index is 10.5. The van der Waals surface area contributed by atoms with E-state index in [0.29, 0.717) is 11.2 Å². The molecule has 0 bridgehead atoms. The Bertz CT molecular complexity index is 728. The van der Waals surface area contributed by atoms with Crippen molar-refractivity contribution >= 4 is 17.0 Å². The van der Waals surface area contributed by atoms with Gasteiger partial charge in [0.05, 0.1) is 12.4 Å². The second kappa shape index (κ2) is 5.92. The van der Waals surface area contributed by atoms with Crippen LogP contribution in [0, 0.1) is 5.41 Å². The molecule has 3 rings (SSSR count). The van der Waals surface area contributed by atoms with Crippen molar-refractivity contribution in [2.45, 2.75) is 51.4 Å². The average Bonchev–Trinajstić information content (AvgIpc) is 3.04. The van der Waals surface area contributed by atoms with Gasteiger partial charge in [0.1, 0.15) is 30.2 Å². The number of rotatable bonds is 3. The van der Waals surface area contributed by atoms with Gasteiger partial charge < -0.3 is 25.4 Å². The van der Waals surface area contributed by atoms with Crippen LogP contribution in [-0.2, 0) is 9.47 Å². The van der Waals surface area contributed by atoms with Crippen LogP contribution in [0.3, 0.4) is 0 Å². The second-order valence-electron chi connectivity index (χ2n) is 7.08. The van der Waals surface area contributed by atoms with Crippen molar-refractivity contribution < 1.29 is 19.7 Å². The van der Waals surface area contributed by atoms with E-state index in [0.717, 1.165) is 0 Å². The Balaban J connectivity index is 1.96. The van der Waals surface area contributed by atoms with E-state index in [1.165, 1.54) is 12.7 Å². The van der Waals surface area contributed by atoms with Gasteiger partial charge in [-0.25, -0.2) is 15.0 Å². The molecule has 24 heavy (non-hydrogen) atoms. The molecule has 0 saturated carbocycles. The van der Waals surface area contributed by atoms with Gasteiger partial charge >= 0.3 is 0 Å². The van der Waals surface area contributed by atoms with E-state index in [9.17, 15) is 10.2 Å². The highest BCUT2D eigenvalue weighted by Crippen LogP contribution is 2.38. The lowest BCUT2D eigenvalue weighted by Crippen LogP contribution is -2.46. The van der Waals surface area contributed by atoms with Crippen molar-refractivity contribution in [2.24, 2.45) is 5.41 Å². The van der Waals surface area contributed by atoms with Crippen LogP contribution in [0.5, 0.6) is 0 Å². The van der Waals surface area contributed by atoms with Crippen LogP contribution in [0.25, 0.3) is 11.2 Å². The molecule has 1 saturated heterocycles. The second-order valence-corrected chi connectivity index (χ2v) is 7.08. The van der Waals surface area contributed by atoms with Crippen LogP contribution >= 0.6 is 0 Å². The largest absolute Gasteiger partial charge is 0.387 e. The molecule has 9 heteroatoms. The molecule has 0 spiro atoms. The first-order chi connectivity index (χ1) is 11.3. The predicted octanol–water partition coefficient (Wildman–Crippen LogP) is 0.0888. The average molecular weight is 337 g/mol. The highest BCUT2D eigenvalue weighted by Gasteiger charge is 2.50. The molecule has 9 nitrogen and oxygen atoms in total. The topological polar surface area (TPSA) is 129 Å². The summed E-state index contributed by atoms with van der Waals surface area (Å²) in [5.41, 5.74) is 6.36. The quantitative estimate of drug-likeness (QED) is 0.719. The third kappa shape index (κ3) is 2.63. The summed E-state index contributed by atoms with van der Waals surface area (Å²) in [5.74, 6) is 0.243. The molecule has 1 aliphatic heterocycles. The Morgan fingerprint density at radius 2 is 1.96 bits per heavy atom. The van der Waals surface area contributed by atoms with E-state index >= 15 is 0 Å². The number of hydrogen-bond donors (Lipinski definition) is 3. The smallest absolute Gasteiger partial charge is 0.167 e. The van der Waals surface area contributed by atoms with Crippen molar-refractivity contribution in [2.75, 3.05) is 12.8 Å². The number of ether oxygens (including phenoxy) is 2. The molecule has 2 aromatic heterocycles. The number of nitrogens with zero attached hydrogens (tertiary/aromatic N) is 4. The first-order valence-corrected chi connectivity index (χ1v) is 7.73. The zero-order valence-corrected chi connectivity index (χ0v) is 14.1. The number of methoxy groups -OCH3 is 1. The Labute approximate surface area is 139 Å². The summed E-state index contributed by atoms with van der Waals surface area (Å²) in [7, 11) is 1.56. The van der Waals surface area contributed by atoms with E-state index in [-0.39, 0.29) is 11.2 Å². The first-order valence-electron chi connectivity index (χ1n) is 7.73. The van der Waals surface area contributed by atoms with Crippen molar-refractivity contribution in [1.29, 1.82) is 0 Å². The fourth-order valence-electron chi connectivity index (χ4n) is 3.20. The number of aliphatic hydroxyl groups is 2. The molecule has 1 fully saturated rings. The van der Waals surface area contributed by atoms with E-state index in [1.54, 1.807) is 11.7 Å². The van der Waals surface area contributed by atoms with E-state index in [4.69, 9.17) is 15.2 Å². The van der Waals surface area contributed by atoms with Gasteiger partial charge in [-0.2, -0.15) is 0 Å². The van der Waals surface area contributed by atoms with Crippen molar-refractivity contribution in [3.05, 3.63) is 12.7 Å². The lowest BCUT2D eigenvalue weighted by molar-refractivity contribution is -0.129. The minimum absolute atomic E-state index is 0.243. The summed E-state index contributed by atoms with van der Waals surface area (Å²) in [6.45, 7) is 5.95. The van der Waals surface area contributed by atoms with Gasteiger partial charge in [0.15, 0.2) is 17.7 Å². The fraction of sp³-hybridized carbons (Fsp3) is 0.667. The standard InChI is InChI=1S/C15H23N5O4/c1-15(2,3)11(23-4)10-8(21)9(22)14(24-10)20-6-19-7-12(16)17-5-18-13(7)20/h5-6,8-11,14,21-22H,1-4H3,(H2,16,17,18)/t8-,9+,10-,11?,14+/m0/s1. The molecule has 0 aliphatic carbocycles. The molecule has 1 unspecified atom stereocenters. The Morgan fingerprint density at radius 3 is 2.58 bits per heavy atom. The molecular weight excluding hydrogens is 314 g/mol. The van der Waals surface area contributed by atoms with Crippen LogP contribution in [0.2, 0.25) is 0 Å². The summed E-state index contributed by atoms with van der Waals surface area (Å²) >= 11 is 0.